The van der Waals surface area contributed by atoms with Gasteiger partial charge < -0.3 is 4.74 Å². The summed E-state index contributed by atoms with van der Waals surface area (Å²) in [5.74, 6) is -1.48. The van der Waals surface area contributed by atoms with Gasteiger partial charge in [-0.05, 0) is 60.7 Å². The SMILES string of the molecule is N#Cc1sc2c(c1OC(=O)c1ccc(F)cc1)c(=O)n(-c1ccccc1)c(=S)n2-c1ccccc1. The van der Waals surface area contributed by atoms with Gasteiger partial charge in [0.1, 0.15) is 22.1 Å². The lowest BCUT2D eigenvalue weighted by atomic mass is 10.2. The van der Waals surface area contributed by atoms with Gasteiger partial charge in [-0.3, -0.25) is 13.9 Å². The van der Waals surface area contributed by atoms with Crippen LogP contribution in [-0.2, 0) is 0 Å². The molecule has 0 aliphatic carbocycles. The number of fused-ring (bicyclic) bond motifs is 1. The molecule has 6 nitrogen and oxygen atoms in total. The lowest BCUT2D eigenvalue weighted by Crippen LogP contribution is -2.23. The zero-order chi connectivity index (χ0) is 24.5. The number of esters is 1. The fraction of sp³-hybridized carbons (Fsp3) is 0. The highest BCUT2D eigenvalue weighted by molar-refractivity contribution is 7.71. The van der Waals surface area contributed by atoms with Crippen molar-refractivity contribution >= 4 is 39.7 Å². The first-order valence-electron chi connectivity index (χ1n) is 10.3. The van der Waals surface area contributed by atoms with Crippen molar-refractivity contribution in [3.05, 3.63) is 116 Å². The number of hydrogen-bond acceptors (Lipinski definition) is 6. The summed E-state index contributed by atoms with van der Waals surface area (Å²) in [6.07, 6.45) is 0. The fourth-order valence-corrected chi connectivity index (χ4v) is 5.14. The number of nitrogens with zero attached hydrogens (tertiary/aromatic N) is 3. The van der Waals surface area contributed by atoms with Gasteiger partial charge in [-0.15, -0.1) is 11.3 Å². The molecule has 0 atom stereocenters. The number of halogens is 1. The van der Waals surface area contributed by atoms with E-state index in [0.29, 0.717) is 16.2 Å². The van der Waals surface area contributed by atoms with Gasteiger partial charge in [0.15, 0.2) is 15.4 Å². The molecule has 5 aromatic rings. The average molecular weight is 500 g/mol. The molecule has 2 heterocycles. The number of carbonyl (C=O) groups excluding carboxylic acids is 1. The number of carbonyl (C=O) groups is 1. The molecule has 35 heavy (non-hydrogen) atoms. The number of hydrogen-bond donors (Lipinski definition) is 0. The molecule has 0 N–H and O–H groups in total. The first-order chi connectivity index (χ1) is 17.0. The monoisotopic (exact) mass is 499 g/mol. The highest BCUT2D eigenvalue weighted by Gasteiger charge is 2.25. The van der Waals surface area contributed by atoms with Crippen LogP contribution in [0.25, 0.3) is 21.6 Å². The van der Waals surface area contributed by atoms with E-state index in [1.807, 2.05) is 42.5 Å². The van der Waals surface area contributed by atoms with Crippen LogP contribution in [-0.4, -0.2) is 15.1 Å². The lowest BCUT2D eigenvalue weighted by Gasteiger charge is -2.14. The largest absolute Gasteiger partial charge is 0.420 e. The van der Waals surface area contributed by atoms with Crippen molar-refractivity contribution in [2.75, 3.05) is 0 Å². The second-order valence-electron chi connectivity index (χ2n) is 7.38. The van der Waals surface area contributed by atoms with E-state index in [1.54, 1.807) is 28.8 Å². The Kier molecular flexibility index (Phi) is 5.82. The molecule has 0 spiro atoms. The summed E-state index contributed by atoms with van der Waals surface area (Å²) in [5, 5.41) is 9.87. The van der Waals surface area contributed by atoms with E-state index in [1.165, 1.54) is 16.7 Å². The summed E-state index contributed by atoms with van der Waals surface area (Å²) in [5.41, 5.74) is 0.751. The van der Waals surface area contributed by atoms with Crippen molar-refractivity contribution in [2.45, 2.75) is 0 Å². The number of para-hydroxylation sites is 2. The van der Waals surface area contributed by atoms with Crippen LogP contribution in [0.5, 0.6) is 5.75 Å². The second-order valence-corrected chi connectivity index (χ2v) is 8.74. The predicted octanol–water partition coefficient (Wildman–Crippen LogP) is 5.80. The van der Waals surface area contributed by atoms with Gasteiger partial charge in [0.05, 0.1) is 11.3 Å². The Morgan fingerprint density at radius 3 is 2.06 bits per heavy atom. The Balaban J connectivity index is 1.83. The minimum atomic E-state index is -0.819. The predicted molar refractivity (Wildman–Crippen MR) is 134 cm³/mol. The van der Waals surface area contributed by atoms with Crippen LogP contribution < -0.4 is 10.3 Å². The third-order valence-corrected chi connectivity index (χ3v) is 6.68. The molecule has 9 heteroatoms. The average Bonchev–Trinajstić information content (AvgIpc) is 3.24. The van der Waals surface area contributed by atoms with E-state index < -0.39 is 17.3 Å². The topological polar surface area (TPSA) is 77.0 Å². The fourth-order valence-electron chi connectivity index (χ4n) is 3.65. The van der Waals surface area contributed by atoms with Gasteiger partial charge in [-0.1, -0.05) is 36.4 Å². The van der Waals surface area contributed by atoms with Crippen LogP contribution in [0.2, 0.25) is 0 Å². The molecule has 0 radical (unpaired) electrons. The molecule has 2 aromatic heterocycles. The van der Waals surface area contributed by atoms with Gasteiger partial charge in [0, 0.05) is 5.69 Å². The molecule has 170 valence electrons. The van der Waals surface area contributed by atoms with Crippen LogP contribution in [0.15, 0.2) is 89.7 Å². The summed E-state index contributed by atoms with van der Waals surface area (Å²) in [6.45, 7) is 0. The minimum Gasteiger partial charge on any atom is -0.420 e. The Bertz CT molecular complexity index is 1730. The first-order valence-corrected chi connectivity index (χ1v) is 11.6. The second kappa shape index (κ2) is 9.10. The molecule has 0 aliphatic heterocycles. The standard InChI is InChI=1S/C26H14FN3O3S2/c27-17-13-11-16(12-14-17)25(32)33-22-20(15-28)35-24-21(22)23(31)29(18-7-3-1-4-8-18)26(34)30(24)19-9-5-2-6-10-19/h1-14H. The third kappa shape index (κ3) is 3.95. The maximum atomic E-state index is 13.8. The van der Waals surface area contributed by atoms with E-state index in [4.69, 9.17) is 17.0 Å². The molecular weight excluding hydrogens is 485 g/mol. The maximum Gasteiger partial charge on any atom is 0.343 e. The van der Waals surface area contributed by atoms with Crippen molar-refractivity contribution in [1.82, 2.24) is 9.13 Å². The first kappa shape index (κ1) is 22.4. The molecule has 0 saturated carbocycles. The van der Waals surface area contributed by atoms with Crippen molar-refractivity contribution in [3.63, 3.8) is 0 Å². The summed E-state index contributed by atoms with van der Waals surface area (Å²) < 4.78 is 22.1. The molecule has 0 fully saturated rings. The van der Waals surface area contributed by atoms with Gasteiger partial charge >= 0.3 is 5.97 Å². The van der Waals surface area contributed by atoms with Gasteiger partial charge in [-0.2, -0.15) is 5.26 Å². The molecular formula is C26H14FN3O3S2. The molecule has 5 rings (SSSR count). The van der Waals surface area contributed by atoms with E-state index in [2.05, 4.69) is 0 Å². The molecule has 0 aliphatic rings. The number of nitriles is 1. The van der Waals surface area contributed by atoms with Crippen LogP contribution >= 0.6 is 23.6 Å². The summed E-state index contributed by atoms with van der Waals surface area (Å²) >= 11 is 6.74. The van der Waals surface area contributed by atoms with E-state index >= 15 is 0 Å². The Morgan fingerprint density at radius 2 is 1.49 bits per heavy atom. The van der Waals surface area contributed by atoms with Gasteiger partial charge in [0.2, 0.25) is 0 Å². The van der Waals surface area contributed by atoms with E-state index in [-0.39, 0.29) is 26.3 Å². The van der Waals surface area contributed by atoms with Gasteiger partial charge in [0.25, 0.3) is 5.56 Å². The number of thiophene rings is 1. The lowest BCUT2D eigenvalue weighted by molar-refractivity contribution is 0.0737. The van der Waals surface area contributed by atoms with Crippen LogP contribution in [0.1, 0.15) is 15.2 Å². The number of ether oxygens (including phenoxy) is 1. The normalized spacial score (nSPS) is 10.7. The highest BCUT2D eigenvalue weighted by Crippen LogP contribution is 2.37. The Labute approximate surface area is 207 Å². The smallest absolute Gasteiger partial charge is 0.343 e. The number of aromatic nitrogens is 2. The summed E-state index contributed by atoms with van der Waals surface area (Å²) in [7, 11) is 0. The van der Waals surface area contributed by atoms with E-state index in [9.17, 15) is 19.2 Å². The Morgan fingerprint density at radius 1 is 0.914 bits per heavy atom. The van der Waals surface area contributed by atoms with Crippen LogP contribution in [0, 0.1) is 21.9 Å². The van der Waals surface area contributed by atoms with Crippen LogP contribution in [0.4, 0.5) is 4.39 Å². The van der Waals surface area contributed by atoms with Gasteiger partial charge in [-0.25, -0.2) is 9.18 Å². The van der Waals surface area contributed by atoms with Crippen molar-refractivity contribution in [3.8, 4) is 23.2 Å². The zero-order valence-electron chi connectivity index (χ0n) is 17.8. The quantitative estimate of drug-likeness (QED) is 0.231. The molecule has 0 saturated heterocycles. The van der Waals surface area contributed by atoms with Crippen molar-refractivity contribution < 1.29 is 13.9 Å². The molecule has 3 aromatic carbocycles. The minimum absolute atomic E-state index is 0.0393. The number of rotatable bonds is 4. The summed E-state index contributed by atoms with van der Waals surface area (Å²) in [6, 6.07) is 24.8. The maximum absolute atomic E-state index is 13.8. The zero-order valence-corrected chi connectivity index (χ0v) is 19.5. The third-order valence-electron chi connectivity index (χ3n) is 5.25. The van der Waals surface area contributed by atoms with Crippen molar-refractivity contribution in [2.24, 2.45) is 0 Å². The molecule has 0 amide bonds. The number of benzene rings is 3. The Hall–Kier alpha value is -4.39. The van der Waals surface area contributed by atoms with E-state index in [0.717, 1.165) is 23.5 Å². The summed E-state index contributed by atoms with van der Waals surface area (Å²) in [4.78, 5) is 27.0. The van der Waals surface area contributed by atoms with Crippen molar-refractivity contribution in [1.29, 1.82) is 5.26 Å². The molecule has 0 unspecified atom stereocenters. The highest BCUT2D eigenvalue weighted by atomic mass is 32.1. The molecule has 0 bridgehead atoms. The van der Waals surface area contributed by atoms with Crippen LogP contribution in [0.3, 0.4) is 0 Å².